The topological polar surface area (TPSA) is 74.7 Å². The number of carbonyl (C=O) groups is 1. The van der Waals surface area contributed by atoms with E-state index in [0.29, 0.717) is 17.5 Å². The van der Waals surface area contributed by atoms with Crippen LogP contribution in [-0.4, -0.2) is 36.9 Å². The minimum atomic E-state index is -3.74. The Labute approximate surface area is 189 Å². The van der Waals surface area contributed by atoms with Crippen molar-refractivity contribution in [2.75, 3.05) is 13.1 Å². The molecular weight excluding hydrogens is 422 g/mol. The van der Waals surface area contributed by atoms with E-state index in [4.69, 9.17) is 0 Å². The van der Waals surface area contributed by atoms with Gasteiger partial charge in [0.25, 0.3) is 0 Å². The first-order chi connectivity index (χ1) is 15.2. The number of nitrogens with zero attached hydrogens (tertiary/aromatic N) is 1. The maximum atomic E-state index is 13.4. The van der Waals surface area contributed by atoms with Crippen LogP contribution < -0.4 is 0 Å². The molecule has 6 heteroatoms. The zero-order valence-corrected chi connectivity index (χ0v) is 19.0. The molecule has 0 radical (unpaired) electrons. The van der Waals surface area contributed by atoms with E-state index in [-0.39, 0.29) is 18.0 Å². The molecule has 3 aromatic rings. The van der Waals surface area contributed by atoms with Crippen molar-refractivity contribution >= 4 is 16.0 Å². The SMILES string of the molecule is Cc1ccc(S(=O)(=O)N2CC[C@@](C)(C(C(=O)O)(c3ccccc3)c3ccccc3)C2)cc1. The van der Waals surface area contributed by atoms with E-state index >= 15 is 0 Å². The van der Waals surface area contributed by atoms with Crippen LogP contribution in [0.5, 0.6) is 0 Å². The third-order valence-corrected chi connectivity index (χ3v) is 8.60. The Bertz CT molecular complexity index is 1170. The smallest absolute Gasteiger partial charge is 0.319 e. The fourth-order valence-electron chi connectivity index (χ4n) is 5.03. The zero-order chi connectivity index (χ0) is 23.0. The average Bonchev–Trinajstić information content (AvgIpc) is 3.20. The number of rotatable bonds is 6. The van der Waals surface area contributed by atoms with E-state index < -0.39 is 26.8 Å². The van der Waals surface area contributed by atoms with Crippen molar-refractivity contribution in [3.63, 3.8) is 0 Å². The Hall–Kier alpha value is -2.96. The molecule has 0 saturated carbocycles. The second-order valence-electron chi connectivity index (χ2n) is 8.75. The monoisotopic (exact) mass is 449 g/mol. The molecule has 4 rings (SSSR count). The van der Waals surface area contributed by atoms with Gasteiger partial charge in [-0.1, -0.05) is 85.3 Å². The maximum absolute atomic E-state index is 13.4. The van der Waals surface area contributed by atoms with Crippen LogP contribution in [0.1, 0.15) is 30.0 Å². The molecule has 0 aromatic heterocycles. The van der Waals surface area contributed by atoms with Crippen LogP contribution >= 0.6 is 0 Å². The molecule has 0 bridgehead atoms. The predicted octanol–water partition coefficient (Wildman–Crippen LogP) is 4.47. The minimum absolute atomic E-state index is 0.110. The highest BCUT2D eigenvalue weighted by Gasteiger charge is 2.59. The first-order valence-corrected chi connectivity index (χ1v) is 12.1. The Balaban J connectivity index is 1.84. The lowest BCUT2D eigenvalue weighted by Gasteiger charge is -2.44. The number of carboxylic acids is 1. The van der Waals surface area contributed by atoms with E-state index in [2.05, 4.69) is 0 Å². The molecule has 1 fully saturated rings. The third-order valence-electron chi connectivity index (χ3n) is 6.74. The maximum Gasteiger partial charge on any atom is 0.319 e. The molecule has 0 unspecified atom stereocenters. The number of benzene rings is 3. The van der Waals surface area contributed by atoms with Crippen LogP contribution in [0.3, 0.4) is 0 Å². The number of hydrogen-bond acceptors (Lipinski definition) is 3. The highest BCUT2D eigenvalue weighted by Crippen LogP contribution is 2.53. The highest BCUT2D eigenvalue weighted by atomic mass is 32.2. The fraction of sp³-hybridized carbons (Fsp3) is 0.269. The summed E-state index contributed by atoms with van der Waals surface area (Å²) in [7, 11) is -3.74. The molecule has 1 heterocycles. The van der Waals surface area contributed by atoms with Crippen LogP contribution in [-0.2, 0) is 20.2 Å². The Morgan fingerprint density at radius 3 is 1.88 bits per heavy atom. The third kappa shape index (κ3) is 3.44. The molecule has 0 aliphatic carbocycles. The summed E-state index contributed by atoms with van der Waals surface area (Å²) in [5.41, 5.74) is 0.0201. The molecule has 1 saturated heterocycles. The number of aryl methyl sites for hydroxylation is 1. The number of carboxylic acid groups (broad SMARTS) is 1. The summed E-state index contributed by atoms with van der Waals surface area (Å²) in [5.74, 6) is -0.980. The summed E-state index contributed by atoms with van der Waals surface area (Å²) >= 11 is 0. The fourth-order valence-corrected chi connectivity index (χ4v) is 6.60. The lowest BCUT2D eigenvalue weighted by molar-refractivity contribution is -0.146. The van der Waals surface area contributed by atoms with Gasteiger partial charge in [-0.3, -0.25) is 4.79 Å². The second kappa shape index (κ2) is 8.19. The molecule has 166 valence electrons. The highest BCUT2D eigenvalue weighted by molar-refractivity contribution is 7.89. The van der Waals surface area contributed by atoms with Gasteiger partial charge in [-0.25, -0.2) is 8.42 Å². The summed E-state index contributed by atoms with van der Waals surface area (Å²) in [6.07, 6.45) is 0.425. The summed E-state index contributed by atoms with van der Waals surface area (Å²) in [6, 6.07) is 25.1. The van der Waals surface area contributed by atoms with Gasteiger partial charge in [-0.2, -0.15) is 4.31 Å². The normalized spacial score (nSPS) is 19.7. The zero-order valence-electron chi connectivity index (χ0n) is 18.2. The van der Waals surface area contributed by atoms with E-state index in [0.717, 1.165) is 5.56 Å². The van der Waals surface area contributed by atoms with Gasteiger partial charge < -0.3 is 5.11 Å². The Kier molecular flexibility index (Phi) is 5.69. The largest absolute Gasteiger partial charge is 0.480 e. The van der Waals surface area contributed by atoms with Crippen LogP contribution in [0, 0.1) is 12.3 Å². The predicted molar refractivity (Wildman–Crippen MR) is 124 cm³/mol. The average molecular weight is 450 g/mol. The van der Waals surface area contributed by atoms with Crippen molar-refractivity contribution in [1.82, 2.24) is 4.31 Å². The van der Waals surface area contributed by atoms with E-state index in [9.17, 15) is 18.3 Å². The van der Waals surface area contributed by atoms with Crippen molar-refractivity contribution in [2.45, 2.75) is 30.6 Å². The van der Waals surface area contributed by atoms with Crippen molar-refractivity contribution in [2.24, 2.45) is 5.41 Å². The minimum Gasteiger partial charge on any atom is -0.480 e. The molecule has 1 N–H and O–H groups in total. The van der Waals surface area contributed by atoms with Gasteiger partial charge in [0.1, 0.15) is 5.41 Å². The summed E-state index contributed by atoms with van der Waals surface area (Å²) in [4.78, 5) is 13.3. The summed E-state index contributed by atoms with van der Waals surface area (Å²) in [6.45, 7) is 4.18. The number of aliphatic carboxylic acids is 1. The molecular formula is C26H27NO4S. The van der Waals surface area contributed by atoms with Gasteiger partial charge in [0.05, 0.1) is 4.90 Å². The van der Waals surface area contributed by atoms with Gasteiger partial charge in [-0.05, 0) is 36.6 Å². The van der Waals surface area contributed by atoms with Gasteiger partial charge in [0, 0.05) is 18.5 Å². The van der Waals surface area contributed by atoms with E-state index in [1.807, 2.05) is 74.5 Å². The van der Waals surface area contributed by atoms with Crippen molar-refractivity contribution in [3.8, 4) is 0 Å². The first kappa shape index (κ1) is 22.2. The van der Waals surface area contributed by atoms with Crippen LogP contribution in [0.2, 0.25) is 0 Å². The summed E-state index contributed by atoms with van der Waals surface area (Å²) in [5, 5.41) is 10.7. The Morgan fingerprint density at radius 2 is 1.41 bits per heavy atom. The van der Waals surface area contributed by atoms with E-state index in [1.54, 1.807) is 24.3 Å². The van der Waals surface area contributed by atoms with Gasteiger partial charge in [0.2, 0.25) is 10.0 Å². The molecule has 1 aliphatic heterocycles. The van der Waals surface area contributed by atoms with Crippen molar-refractivity contribution in [1.29, 1.82) is 0 Å². The van der Waals surface area contributed by atoms with Crippen LogP contribution in [0.15, 0.2) is 89.8 Å². The van der Waals surface area contributed by atoms with E-state index in [1.165, 1.54) is 4.31 Å². The molecule has 0 spiro atoms. The van der Waals surface area contributed by atoms with Gasteiger partial charge in [-0.15, -0.1) is 0 Å². The molecule has 3 aromatic carbocycles. The second-order valence-corrected chi connectivity index (χ2v) is 10.7. The van der Waals surface area contributed by atoms with Crippen LogP contribution in [0.4, 0.5) is 0 Å². The molecule has 32 heavy (non-hydrogen) atoms. The first-order valence-electron chi connectivity index (χ1n) is 10.6. The van der Waals surface area contributed by atoms with Crippen molar-refractivity contribution in [3.05, 3.63) is 102 Å². The number of sulfonamides is 1. The lowest BCUT2D eigenvalue weighted by atomic mass is 9.57. The van der Waals surface area contributed by atoms with Crippen molar-refractivity contribution < 1.29 is 18.3 Å². The number of hydrogen-bond donors (Lipinski definition) is 1. The molecule has 1 atom stereocenters. The summed E-state index contributed by atoms with van der Waals surface area (Å²) < 4.78 is 28.2. The van der Waals surface area contributed by atoms with Gasteiger partial charge in [0.15, 0.2) is 0 Å². The quantitative estimate of drug-likeness (QED) is 0.603. The molecule has 5 nitrogen and oxygen atoms in total. The molecule has 1 aliphatic rings. The molecule has 0 amide bonds. The Morgan fingerprint density at radius 1 is 0.906 bits per heavy atom. The standard InChI is InChI=1S/C26H27NO4S/c1-20-13-15-23(16-14-20)32(30,31)27-18-17-25(2,19-27)26(24(28)29,21-9-5-3-6-10-21)22-11-7-4-8-12-22/h3-16H,17-19H2,1-2H3,(H,28,29)/t25-/m1/s1. The lowest BCUT2D eigenvalue weighted by Crippen LogP contribution is -2.52. The van der Waals surface area contributed by atoms with Gasteiger partial charge >= 0.3 is 5.97 Å². The van der Waals surface area contributed by atoms with Crippen LogP contribution in [0.25, 0.3) is 0 Å².